The lowest BCUT2D eigenvalue weighted by Gasteiger charge is -2.00. The molecule has 0 radical (unpaired) electrons. The Morgan fingerprint density at radius 3 is 2.30 bits per heavy atom. The van der Waals surface area contributed by atoms with Crippen molar-refractivity contribution in [2.24, 2.45) is 5.73 Å². The number of hydrogen-bond acceptors (Lipinski definition) is 3. The van der Waals surface area contributed by atoms with Crippen LogP contribution in [0.4, 0.5) is 0 Å². The van der Waals surface area contributed by atoms with Crippen molar-refractivity contribution in [2.45, 2.75) is 12.0 Å². The third kappa shape index (κ3) is 1.08. The monoisotopic (exact) mass is 145 g/mol. The van der Waals surface area contributed by atoms with Gasteiger partial charge >= 0.3 is 5.97 Å². The van der Waals surface area contributed by atoms with E-state index in [0.717, 1.165) is 0 Å². The van der Waals surface area contributed by atoms with Crippen LogP contribution >= 0.6 is 0 Å². The van der Waals surface area contributed by atoms with Crippen molar-refractivity contribution < 1.29 is 19.4 Å². The van der Waals surface area contributed by atoms with E-state index in [1.807, 2.05) is 0 Å². The number of epoxide rings is 1. The molecule has 0 aliphatic carbocycles. The van der Waals surface area contributed by atoms with Crippen molar-refractivity contribution in [2.75, 3.05) is 6.61 Å². The van der Waals surface area contributed by atoms with Gasteiger partial charge in [-0.25, -0.2) is 0 Å². The summed E-state index contributed by atoms with van der Waals surface area (Å²) in [6.07, 6.45) is -0.331. The first kappa shape index (κ1) is 7.01. The molecule has 1 aliphatic rings. The van der Waals surface area contributed by atoms with E-state index >= 15 is 0 Å². The lowest BCUT2D eigenvalue weighted by Crippen LogP contribution is -2.34. The molecular formula is C5H7NO4. The molecule has 1 atom stereocenters. The van der Waals surface area contributed by atoms with E-state index in [2.05, 4.69) is 4.74 Å². The van der Waals surface area contributed by atoms with Crippen molar-refractivity contribution in [3.05, 3.63) is 0 Å². The number of carboxylic acid groups (broad SMARTS) is 1. The SMILES string of the molecule is NC(=O)C1(CC(=O)O)CO1. The van der Waals surface area contributed by atoms with Gasteiger partial charge in [0.25, 0.3) is 5.91 Å². The normalized spacial score (nSPS) is 29.6. The smallest absolute Gasteiger partial charge is 0.306 e. The number of carbonyl (C=O) groups is 2. The van der Waals surface area contributed by atoms with E-state index < -0.39 is 17.5 Å². The molecule has 1 unspecified atom stereocenters. The molecular weight excluding hydrogens is 138 g/mol. The highest BCUT2D eigenvalue weighted by molar-refractivity contribution is 5.90. The molecule has 10 heavy (non-hydrogen) atoms. The second kappa shape index (κ2) is 1.95. The maximum absolute atomic E-state index is 10.5. The van der Waals surface area contributed by atoms with E-state index in [1.165, 1.54) is 0 Å². The van der Waals surface area contributed by atoms with E-state index in [1.54, 1.807) is 0 Å². The molecule has 56 valence electrons. The van der Waals surface area contributed by atoms with Crippen molar-refractivity contribution >= 4 is 11.9 Å². The molecule has 5 nitrogen and oxygen atoms in total. The Balaban J connectivity index is 2.53. The summed E-state index contributed by atoms with van der Waals surface area (Å²) in [4.78, 5) is 20.5. The fraction of sp³-hybridized carbons (Fsp3) is 0.600. The largest absolute Gasteiger partial charge is 0.481 e. The highest BCUT2D eigenvalue weighted by Gasteiger charge is 2.52. The Bertz CT molecular complexity index is 184. The Morgan fingerprint density at radius 2 is 2.20 bits per heavy atom. The van der Waals surface area contributed by atoms with Gasteiger partial charge < -0.3 is 15.6 Å². The first-order chi connectivity index (χ1) is 4.57. The minimum absolute atomic E-state index is 0.134. The van der Waals surface area contributed by atoms with Crippen molar-refractivity contribution in [1.82, 2.24) is 0 Å². The van der Waals surface area contributed by atoms with E-state index in [9.17, 15) is 9.59 Å². The Kier molecular flexibility index (Phi) is 1.37. The zero-order chi connectivity index (χ0) is 7.78. The molecule has 1 heterocycles. The molecule has 0 saturated carbocycles. The van der Waals surface area contributed by atoms with Crippen LogP contribution in [0.15, 0.2) is 0 Å². The van der Waals surface area contributed by atoms with Gasteiger partial charge in [-0.15, -0.1) is 0 Å². The fourth-order valence-corrected chi connectivity index (χ4v) is 0.663. The van der Waals surface area contributed by atoms with Crippen molar-refractivity contribution in [1.29, 1.82) is 0 Å². The van der Waals surface area contributed by atoms with Crippen LogP contribution in [0.2, 0.25) is 0 Å². The van der Waals surface area contributed by atoms with E-state index in [4.69, 9.17) is 10.8 Å². The number of amides is 1. The Morgan fingerprint density at radius 1 is 1.70 bits per heavy atom. The first-order valence-electron chi connectivity index (χ1n) is 2.72. The molecule has 1 saturated heterocycles. The minimum atomic E-state index is -1.19. The Labute approximate surface area is 56.8 Å². The van der Waals surface area contributed by atoms with Crippen LogP contribution in [0.5, 0.6) is 0 Å². The number of aliphatic carboxylic acids is 1. The number of hydrogen-bond donors (Lipinski definition) is 2. The predicted molar refractivity (Wildman–Crippen MR) is 30.1 cm³/mol. The standard InChI is InChI=1S/C5H7NO4/c6-4(9)5(2-10-5)1-3(7)8/h1-2H2,(H2,6,9)(H,7,8). The van der Waals surface area contributed by atoms with Gasteiger partial charge in [0, 0.05) is 0 Å². The van der Waals surface area contributed by atoms with E-state index in [0.29, 0.717) is 0 Å². The molecule has 1 rings (SSSR count). The van der Waals surface area contributed by atoms with Gasteiger partial charge in [0.1, 0.15) is 0 Å². The molecule has 3 N–H and O–H groups in total. The summed E-state index contributed by atoms with van der Waals surface area (Å²) in [5.41, 5.74) is 3.67. The summed E-state index contributed by atoms with van der Waals surface area (Å²) >= 11 is 0. The maximum atomic E-state index is 10.5. The first-order valence-corrected chi connectivity index (χ1v) is 2.72. The number of carbonyl (C=O) groups excluding carboxylic acids is 1. The van der Waals surface area contributed by atoms with Crippen molar-refractivity contribution in [3.8, 4) is 0 Å². The number of carboxylic acids is 1. The molecule has 0 aromatic rings. The van der Waals surface area contributed by atoms with Gasteiger partial charge in [0.05, 0.1) is 13.0 Å². The highest BCUT2D eigenvalue weighted by Crippen LogP contribution is 2.29. The third-order valence-electron chi connectivity index (χ3n) is 1.38. The second-order valence-corrected chi connectivity index (χ2v) is 2.22. The van der Waals surface area contributed by atoms with Gasteiger partial charge in [-0.1, -0.05) is 0 Å². The van der Waals surface area contributed by atoms with Gasteiger partial charge in [0.2, 0.25) is 0 Å². The summed E-state index contributed by atoms with van der Waals surface area (Å²) in [5, 5.41) is 8.25. The molecule has 0 aromatic heterocycles. The van der Waals surface area contributed by atoms with Gasteiger partial charge in [0.15, 0.2) is 5.60 Å². The van der Waals surface area contributed by atoms with Crippen LogP contribution in [0.3, 0.4) is 0 Å². The third-order valence-corrected chi connectivity index (χ3v) is 1.38. The second-order valence-electron chi connectivity index (χ2n) is 2.22. The van der Waals surface area contributed by atoms with Crippen LogP contribution in [-0.4, -0.2) is 29.2 Å². The van der Waals surface area contributed by atoms with Crippen LogP contribution in [0, 0.1) is 0 Å². The number of nitrogens with two attached hydrogens (primary N) is 1. The van der Waals surface area contributed by atoms with Crippen LogP contribution < -0.4 is 5.73 Å². The number of rotatable bonds is 3. The fourth-order valence-electron chi connectivity index (χ4n) is 0.663. The molecule has 0 bridgehead atoms. The summed E-state index contributed by atoms with van der Waals surface area (Å²) in [6, 6.07) is 0. The highest BCUT2D eigenvalue weighted by atomic mass is 16.6. The number of primary amides is 1. The van der Waals surface area contributed by atoms with Gasteiger partial charge in [-0.05, 0) is 0 Å². The summed E-state index contributed by atoms with van der Waals surface area (Å²) in [6.45, 7) is 0.134. The summed E-state index contributed by atoms with van der Waals surface area (Å²) in [7, 11) is 0. The zero-order valence-corrected chi connectivity index (χ0v) is 5.16. The van der Waals surface area contributed by atoms with Gasteiger partial charge in [-0.2, -0.15) is 0 Å². The lowest BCUT2D eigenvalue weighted by atomic mass is 10.1. The van der Waals surface area contributed by atoms with E-state index in [-0.39, 0.29) is 13.0 Å². The molecule has 1 amide bonds. The van der Waals surface area contributed by atoms with Gasteiger partial charge in [-0.3, -0.25) is 9.59 Å². The van der Waals surface area contributed by atoms with Crippen LogP contribution in [0.1, 0.15) is 6.42 Å². The van der Waals surface area contributed by atoms with Crippen LogP contribution in [-0.2, 0) is 14.3 Å². The average molecular weight is 145 g/mol. The topological polar surface area (TPSA) is 92.9 Å². The summed E-state index contributed by atoms with van der Waals surface area (Å²) < 4.78 is 4.61. The summed E-state index contributed by atoms with van der Waals surface area (Å²) in [5.74, 6) is -1.77. The maximum Gasteiger partial charge on any atom is 0.306 e. The number of ether oxygens (including phenoxy) is 1. The zero-order valence-electron chi connectivity index (χ0n) is 5.16. The minimum Gasteiger partial charge on any atom is -0.481 e. The molecule has 5 heteroatoms. The lowest BCUT2D eigenvalue weighted by molar-refractivity contribution is -0.141. The van der Waals surface area contributed by atoms with Crippen molar-refractivity contribution in [3.63, 3.8) is 0 Å². The average Bonchev–Trinajstić information content (AvgIpc) is 2.46. The predicted octanol–water partition coefficient (Wildman–Crippen LogP) is -1.28. The quantitative estimate of drug-likeness (QED) is 0.483. The molecule has 1 fully saturated rings. The Hall–Kier alpha value is -1.10. The molecule has 0 spiro atoms. The van der Waals surface area contributed by atoms with Crippen LogP contribution in [0.25, 0.3) is 0 Å². The molecule has 1 aliphatic heterocycles. The molecule has 0 aromatic carbocycles.